The molecule has 0 aliphatic carbocycles. The van der Waals surface area contributed by atoms with Gasteiger partial charge in [-0.1, -0.05) is 0 Å². The van der Waals surface area contributed by atoms with Crippen molar-refractivity contribution in [3.63, 3.8) is 0 Å². The van der Waals surface area contributed by atoms with Crippen LogP contribution in [0.4, 0.5) is 0 Å². The first-order chi connectivity index (χ1) is 9.53. The summed E-state index contributed by atoms with van der Waals surface area (Å²) in [7, 11) is 3.05. The van der Waals surface area contributed by atoms with E-state index in [2.05, 4.69) is 4.98 Å². The molecule has 0 saturated carbocycles. The van der Waals surface area contributed by atoms with Gasteiger partial charge in [0.25, 0.3) is 0 Å². The van der Waals surface area contributed by atoms with E-state index in [1.165, 1.54) is 14.2 Å². The fraction of sp³-hybridized carbons (Fsp3) is 0.385. The quantitative estimate of drug-likeness (QED) is 0.852. The molecular formula is C13H17N3O4. The Kier molecular flexibility index (Phi) is 3.80. The molecule has 0 spiro atoms. The highest BCUT2D eigenvalue weighted by molar-refractivity contribution is 5.83. The Morgan fingerprint density at radius 2 is 2.00 bits per heavy atom. The summed E-state index contributed by atoms with van der Waals surface area (Å²) in [5.74, 6) is 0.609. The van der Waals surface area contributed by atoms with Gasteiger partial charge in [0.1, 0.15) is 11.9 Å². The lowest BCUT2D eigenvalue weighted by atomic mass is 10.2. The minimum atomic E-state index is -0.950. The van der Waals surface area contributed by atoms with Crippen molar-refractivity contribution in [2.24, 2.45) is 5.73 Å². The van der Waals surface area contributed by atoms with E-state index in [-0.39, 0.29) is 6.54 Å². The molecule has 0 saturated heterocycles. The number of carboxylic acid groups (broad SMARTS) is 1. The first kappa shape index (κ1) is 14.1. The second-order valence-electron chi connectivity index (χ2n) is 4.31. The summed E-state index contributed by atoms with van der Waals surface area (Å²) in [5, 5.41) is 9.22. The Morgan fingerprint density at radius 3 is 2.50 bits per heavy atom. The predicted octanol–water partition coefficient (Wildman–Crippen LogP) is 1.16. The zero-order valence-corrected chi connectivity index (χ0v) is 11.6. The second-order valence-corrected chi connectivity index (χ2v) is 4.31. The van der Waals surface area contributed by atoms with Crippen molar-refractivity contribution in [1.29, 1.82) is 0 Å². The average molecular weight is 279 g/mol. The number of hydrogen-bond donors (Lipinski definition) is 2. The summed E-state index contributed by atoms with van der Waals surface area (Å²) >= 11 is 0. The van der Waals surface area contributed by atoms with Crippen LogP contribution in [-0.2, 0) is 11.3 Å². The molecule has 1 atom stereocenters. The van der Waals surface area contributed by atoms with Gasteiger partial charge in [-0.25, -0.2) is 9.78 Å². The van der Waals surface area contributed by atoms with Crippen molar-refractivity contribution in [3.05, 3.63) is 18.0 Å². The van der Waals surface area contributed by atoms with Gasteiger partial charge in [0.05, 0.1) is 31.8 Å². The third kappa shape index (κ3) is 2.16. The molecule has 1 unspecified atom stereocenters. The Morgan fingerprint density at radius 1 is 1.40 bits per heavy atom. The standard InChI is InChI=1S/C13H17N3O4/c1-7(13(17)18)16-9-5-11(20-3)10(19-2)4-8(9)15-12(16)6-14/h4-5,7H,6,14H2,1-3H3,(H,17,18). The topological polar surface area (TPSA) is 99.6 Å². The number of nitrogens with two attached hydrogens (primary N) is 1. The van der Waals surface area contributed by atoms with Crippen LogP contribution in [0, 0.1) is 0 Å². The van der Waals surface area contributed by atoms with Gasteiger partial charge in [0, 0.05) is 12.1 Å². The van der Waals surface area contributed by atoms with E-state index in [0.717, 1.165) is 0 Å². The molecular weight excluding hydrogens is 262 g/mol. The van der Waals surface area contributed by atoms with Crippen LogP contribution >= 0.6 is 0 Å². The van der Waals surface area contributed by atoms with Gasteiger partial charge in [0.15, 0.2) is 11.5 Å². The van der Waals surface area contributed by atoms with Gasteiger partial charge in [-0.05, 0) is 6.92 Å². The van der Waals surface area contributed by atoms with Crippen molar-refractivity contribution in [2.75, 3.05) is 14.2 Å². The van der Waals surface area contributed by atoms with Gasteiger partial charge < -0.3 is 24.9 Å². The molecule has 0 bridgehead atoms. The number of ether oxygens (including phenoxy) is 2. The van der Waals surface area contributed by atoms with Crippen LogP contribution in [0.5, 0.6) is 11.5 Å². The number of methoxy groups -OCH3 is 2. The maximum absolute atomic E-state index is 11.2. The molecule has 20 heavy (non-hydrogen) atoms. The first-order valence-corrected chi connectivity index (χ1v) is 6.09. The van der Waals surface area contributed by atoms with E-state index < -0.39 is 12.0 Å². The second kappa shape index (κ2) is 5.38. The summed E-state index contributed by atoms with van der Waals surface area (Å²) in [6.45, 7) is 1.73. The van der Waals surface area contributed by atoms with Gasteiger partial charge in [-0.3, -0.25) is 0 Å². The zero-order valence-electron chi connectivity index (χ0n) is 11.6. The van der Waals surface area contributed by atoms with Crippen molar-refractivity contribution >= 4 is 17.0 Å². The number of benzene rings is 1. The first-order valence-electron chi connectivity index (χ1n) is 6.09. The van der Waals surface area contributed by atoms with E-state index in [1.54, 1.807) is 23.6 Å². The van der Waals surface area contributed by atoms with Crippen LogP contribution in [0.15, 0.2) is 12.1 Å². The Bertz CT molecular complexity index is 651. The van der Waals surface area contributed by atoms with Crippen molar-refractivity contribution in [1.82, 2.24) is 9.55 Å². The zero-order chi connectivity index (χ0) is 14.9. The van der Waals surface area contributed by atoms with Crippen LogP contribution in [0.3, 0.4) is 0 Å². The van der Waals surface area contributed by atoms with Crippen LogP contribution in [0.1, 0.15) is 18.8 Å². The lowest BCUT2D eigenvalue weighted by molar-refractivity contribution is -0.140. The number of imidazole rings is 1. The van der Waals surface area contributed by atoms with E-state index >= 15 is 0 Å². The number of hydrogen-bond acceptors (Lipinski definition) is 5. The minimum absolute atomic E-state index is 0.150. The Hall–Kier alpha value is -2.28. The fourth-order valence-corrected chi connectivity index (χ4v) is 2.16. The van der Waals surface area contributed by atoms with Crippen molar-refractivity contribution in [3.8, 4) is 11.5 Å². The smallest absolute Gasteiger partial charge is 0.326 e. The van der Waals surface area contributed by atoms with Gasteiger partial charge in [0.2, 0.25) is 0 Å². The molecule has 108 valence electrons. The third-order valence-electron chi connectivity index (χ3n) is 3.20. The maximum atomic E-state index is 11.2. The van der Waals surface area contributed by atoms with E-state index in [4.69, 9.17) is 15.2 Å². The van der Waals surface area contributed by atoms with Crippen molar-refractivity contribution < 1.29 is 19.4 Å². The average Bonchev–Trinajstić information content (AvgIpc) is 2.81. The van der Waals surface area contributed by atoms with Gasteiger partial charge in [-0.2, -0.15) is 0 Å². The molecule has 0 aliphatic rings. The highest BCUT2D eigenvalue weighted by Gasteiger charge is 2.21. The summed E-state index contributed by atoms with van der Waals surface area (Å²) in [6.07, 6.45) is 0. The molecule has 2 aromatic rings. The molecule has 0 amide bonds. The summed E-state index contributed by atoms with van der Waals surface area (Å²) in [4.78, 5) is 15.6. The highest BCUT2D eigenvalue weighted by Crippen LogP contribution is 2.33. The number of carbonyl (C=O) groups is 1. The normalized spacial score (nSPS) is 12.4. The van der Waals surface area contributed by atoms with E-state index in [0.29, 0.717) is 28.4 Å². The molecule has 2 rings (SSSR count). The number of aromatic nitrogens is 2. The third-order valence-corrected chi connectivity index (χ3v) is 3.20. The molecule has 1 heterocycles. The molecule has 0 aliphatic heterocycles. The Labute approximate surface area is 115 Å². The lowest BCUT2D eigenvalue weighted by Gasteiger charge is -2.13. The molecule has 1 aromatic carbocycles. The SMILES string of the molecule is COc1cc2nc(CN)n(C(C)C(=O)O)c2cc1OC. The largest absolute Gasteiger partial charge is 0.493 e. The van der Waals surface area contributed by atoms with E-state index in [9.17, 15) is 9.90 Å². The highest BCUT2D eigenvalue weighted by atomic mass is 16.5. The van der Waals surface area contributed by atoms with Gasteiger partial charge >= 0.3 is 5.97 Å². The molecule has 1 aromatic heterocycles. The Balaban J connectivity index is 2.74. The molecule has 7 heteroatoms. The molecule has 7 nitrogen and oxygen atoms in total. The maximum Gasteiger partial charge on any atom is 0.326 e. The van der Waals surface area contributed by atoms with E-state index in [1.807, 2.05) is 0 Å². The molecule has 0 fully saturated rings. The van der Waals surface area contributed by atoms with Crippen LogP contribution in [-0.4, -0.2) is 34.8 Å². The number of carboxylic acids is 1. The number of rotatable bonds is 5. The molecule has 0 radical (unpaired) electrons. The number of nitrogens with zero attached hydrogens (tertiary/aromatic N) is 2. The van der Waals surface area contributed by atoms with Crippen molar-refractivity contribution in [2.45, 2.75) is 19.5 Å². The molecule has 3 N–H and O–H groups in total. The van der Waals surface area contributed by atoms with Gasteiger partial charge in [-0.15, -0.1) is 0 Å². The van der Waals surface area contributed by atoms with Crippen LogP contribution < -0.4 is 15.2 Å². The lowest BCUT2D eigenvalue weighted by Crippen LogP contribution is -2.19. The van der Waals surface area contributed by atoms with Crippen LogP contribution in [0.2, 0.25) is 0 Å². The summed E-state index contributed by atoms with van der Waals surface area (Å²) in [5.41, 5.74) is 6.93. The predicted molar refractivity (Wildman–Crippen MR) is 73.1 cm³/mol. The fourth-order valence-electron chi connectivity index (χ4n) is 2.16. The summed E-state index contributed by atoms with van der Waals surface area (Å²) < 4.78 is 12.0. The number of aliphatic carboxylic acids is 1. The summed E-state index contributed by atoms with van der Waals surface area (Å²) in [6, 6.07) is 2.65. The van der Waals surface area contributed by atoms with Crippen LogP contribution in [0.25, 0.3) is 11.0 Å². The minimum Gasteiger partial charge on any atom is -0.493 e. The number of fused-ring (bicyclic) bond motifs is 1. The monoisotopic (exact) mass is 279 g/mol.